The van der Waals surface area contributed by atoms with Gasteiger partial charge in [-0.1, -0.05) is 6.92 Å². The molecule has 0 saturated heterocycles. The molecule has 0 saturated carbocycles. The van der Waals surface area contributed by atoms with E-state index in [0.29, 0.717) is 17.4 Å². The van der Waals surface area contributed by atoms with Crippen molar-refractivity contribution >= 4 is 5.69 Å². The summed E-state index contributed by atoms with van der Waals surface area (Å²) in [5, 5.41) is 3.55. The lowest BCUT2D eigenvalue weighted by Gasteiger charge is -2.38. The molecular formula is C15H23NO3. The molecule has 1 N–H and O–H groups in total. The second kappa shape index (κ2) is 4.83. The van der Waals surface area contributed by atoms with Crippen molar-refractivity contribution in [1.82, 2.24) is 0 Å². The van der Waals surface area contributed by atoms with E-state index in [2.05, 4.69) is 26.1 Å². The molecule has 0 radical (unpaired) electrons. The van der Waals surface area contributed by atoms with Gasteiger partial charge in [-0.25, -0.2) is 0 Å². The number of hydrogen-bond donors (Lipinski definition) is 1. The van der Waals surface area contributed by atoms with Gasteiger partial charge in [-0.3, -0.25) is 0 Å². The van der Waals surface area contributed by atoms with Crippen LogP contribution in [-0.2, 0) is 0 Å². The maximum absolute atomic E-state index is 5.57. The summed E-state index contributed by atoms with van der Waals surface area (Å²) in [7, 11) is 4.95. The van der Waals surface area contributed by atoms with Crippen LogP contribution in [0.1, 0.15) is 38.7 Å². The van der Waals surface area contributed by atoms with E-state index in [4.69, 9.17) is 14.2 Å². The highest BCUT2D eigenvalue weighted by Crippen LogP contribution is 2.51. The highest BCUT2D eigenvalue weighted by atomic mass is 16.5. The van der Waals surface area contributed by atoms with Crippen LogP contribution in [0, 0.1) is 0 Å². The number of nitrogens with one attached hydrogen (secondary N) is 1. The van der Waals surface area contributed by atoms with E-state index in [1.807, 2.05) is 6.07 Å². The molecule has 1 aliphatic heterocycles. The molecule has 1 aromatic carbocycles. The summed E-state index contributed by atoms with van der Waals surface area (Å²) in [6.07, 6.45) is 1.05. The van der Waals surface area contributed by atoms with Crippen LogP contribution in [0.2, 0.25) is 0 Å². The Morgan fingerprint density at radius 1 is 1.11 bits per heavy atom. The average molecular weight is 265 g/mol. The maximum Gasteiger partial charge on any atom is 0.203 e. The molecule has 1 atom stereocenters. The van der Waals surface area contributed by atoms with Crippen molar-refractivity contribution < 1.29 is 14.2 Å². The molecule has 4 nitrogen and oxygen atoms in total. The van der Waals surface area contributed by atoms with E-state index in [0.717, 1.165) is 17.9 Å². The van der Waals surface area contributed by atoms with Crippen molar-refractivity contribution in [3.05, 3.63) is 11.6 Å². The number of hydrogen-bond acceptors (Lipinski definition) is 4. The van der Waals surface area contributed by atoms with E-state index < -0.39 is 0 Å². The van der Waals surface area contributed by atoms with Crippen molar-refractivity contribution in [2.24, 2.45) is 0 Å². The van der Waals surface area contributed by atoms with Gasteiger partial charge in [0.25, 0.3) is 0 Å². The zero-order chi connectivity index (χ0) is 14.2. The van der Waals surface area contributed by atoms with Crippen molar-refractivity contribution in [3.8, 4) is 17.2 Å². The molecule has 0 aromatic heterocycles. The van der Waals surface area contributed by atoms with Crippen LogP contribution >= 0.6 is 0 Å². The molecule has 0 fully saturated rings. The molecule has 4 heteroatoms. The molecule has 1 aromatic rings. The molecule has 106 valence electrons. The molecule has 1 heterocycles. The Bertz CT molecular complexity index is 483. The van der Waals surface area contributed by atoms with E-state index >= 15 is 0 Å². The van der Waals surface area contributed by atoms with Crippen molar-refractivity contribution in [2.75, 3.05) is 26.6 Å². The molecule has 2 rings (SSSR count). The number of rotatable bonds is 3. The first-order valence-electron chi connectivity index (χ1n) is 6.54. The largest absolute Gasteiger partial charge is 0.493 e. The van der Waals surface area contributed by atoms with Gasteiger partial charge < -0.3 is 19.5 Å². The number of ether oxygens (including phenoxy) is 3. The SMILES string of the molecule is COc1cc2c(c(OC)c1OC)C(C)CC(C)(C)N2. The van der Waals surface area contributed by atoms with E-state index in [9.17, 15) is 0 Å². The zero-order valence-corrected chi connectivity index (χ0v) is 12.6. The predicted molar refractivity (Wildman–Crippen MR) is 76.8 cm³/mol. The molecule has 1 aliphatic rings. The summed E-state index contributed by atoms with van der Waals surface area (Å²) in [6.45, 7) is 6.63. The second-order valence-electron chi connectivity index (χ2n) is 5.72. The van der Waals surface area contributed by atoms with Crippen molar-refractivity contribution in [1.29, 1.82) is 0 Å². The zero-order valence-electron chi connectivity index (χ0n) is 12.6. The first-order chi connectivity index (χ1) is 8.93. The summed E-state index contributed by atoms with van der Waals surface area (Å²) in [6, 6.07) is 1.99. The normalized spacial score (nSPS) is 20.2. The quantitative estimate of drug-likeness (QED) is 0.909. The van der Waals surface area contributed by atoms with Crippen LogP contribution in [0.3, 0.4) is 0 Å². The number of benzene rings is 1. The van der Waals surface area contributed by atoms with Gasteiger partial charge in [0.2, 0.25) is 5.75 Å². The lowest BCUT2D eigenvalue weighted by Crippen LogP contribution is -2.36. The van der Waals surface area contributed by atoms with Crippen molar-refractivity contribution in [3.63, 3.8) is 0 Å². The Morgan fingerprint density at radius 2 is 1.74 bits per heavy atom. The molecule has 0 spiro atoms. The predicted octanol–water partition coefficient (Wildman–Crippen LogP) is 3.41. The summed E-state index contributed by atoms with van der Waals surface area (Å²) < 4.78 is 16.4. The average Bonchev–Trinajstić information content (AvgIpc) is 2.34. The van der Waals surface area contributed by atoms with Crippen LogP contribution < -0.4 is 19.5 Å². The van der Waals surface area contributed by atoms with Gasteiger partial charge in [0, 0.05) is 22.9 Å². The van der Waals surface area contributed by atoms with Crippen LogP contribution in [0.5, 0.6) is 17.2 Å². The van der Waals surface area contributed by atoms with Crippen LogP contribution in [-0.4, -0.2) is 26.9 Å². The first kappa shape index (κ1) is 13.8. The fourth-order valence-electron chi connectivity index (χ4n) is 3.05. The first-order valence-corrected chi connectivity index (χ1v) is 6.54. The summed E-state index contributed by atoms with van der Waals surface area (Å²) in [5.41, 5.74) is 2.30. The third kappa shape index (κ3) is 2.31. The lowest BCUT2D eigenvalue weighted by atomic mass is 9.81. The van der Waals surface area contributed by atoms with Gasteiger partial charge in [-0.15, -0.1) is 0 Å². The van der Waals surface area contributed by atoms with Crippen LogP contribution in [0.25, 0.3) is 0 Å². The minimum Gasteiger partial charge on any atom is -0.493 e. The standard InChI is InChI=1S/C15H23NO3/c1-9-8-15(2,3)16-10-7-11(17-4)13(18-5)14(19-6)12(9)10/h7,9,16H,8H2,1-6H3. The number of anilines is 1. The molecule has 0 bridgehead atoms. The third-order valence-corrected chi connectivity index (χ3v) is 3.65. The van der Waals surface area contributed by atoms with Gasteiger partial charge in [0.05, 0.1) is 21.3 Å². The topological polar surface area (TPSA) is 39.7 Å². The fourth-order valence-corrected chi connectivity index (χ4v) is 3.05. The van der Waals surface area contributed by atoms with Gasteiger partial charge in [-0.2, -0.15) is 0 Å². The van der Waals surface area contributed by atoms with E-state index in [1.165, 1.54) is 5.56 Å². The monoisotopic (exact) mass is 265 g/mol. The smallest absolute Gasteiger partial charge is 0.203 e. The number of methoxy groups -OCH3 is 3. The fraction of sp³-hybridized carbons (Fsp3) is 0.600. The number of fused-ring (bicyclic) bond motifs is 1. The third-order valence-electron chi connectivity index (χ3n) is 3.65. The Labute approximate surface area is 115 Å². The maximum atomic E-state index is 5.57. The van der Waals surface area contributed by atoms with Gasteiger partial charge in [-0.05, 0) is 26.2 Å². The van der Waals surface area contributed by atoms with Gasteiger partial charge in [0.15, 0.2) is 11.5 Å². The van der Waals surface area contributed by atoms with Crippen LogP contribution in [0.15, 0.2) is 6.07 Å². The summed E-state index contributed by atoms with van der Waals surface area (Å²) in [4.78, 5) is 0. The molecular weight excluding hydrogens is 242 g/mol. The summed E-state index contributed by atoms with van der Waals surface area (Å²) >= 11 is 0. The highest BCUT2D eigenvalue weighted by Gasteiger charge is 2.34. The Kier molecular flexibility index (Phi) is 3.52. The molecule has 1 unspecified atom stereocenters. The minimum absolute atomic E-state index is 0.0665. The van der Waals surface area contributed by atoms with Gasteiger partial charge >= 0.3 is 0 Å². The van der Waals surface area contributed by atoms with Crippen molar-refractivity contribution in [2.45, 2.75) is 38.6 Å². The second-order valence-corrected chi connectivity index (χ2v) is 5.72. The summed E-state index contributed by atoms with van der Waals surface area (Å²) in [5.74, 6) is 2.53. The molecule has 0 aliphatic carbocycles. The minimum atomic E-state index is 0.0665. The van der Waals surface area contributed by atoms with Crippen LogP contribution in [0.4, 0.5) is 5.69 Å². The molecule has 19 heavy (non-hydrogen) atoms. The Balaban J connectivity index is 2.66. The Morgan fingerprint density at radius 3 is 2.26 bits per heavy atom. The highest BCUT2D eigenvalue weighted by molar-refractivity contribution is 5.71. The lowest BCUT2D eigenvalue weighted by molar-refractivity contribution is 0.317. The van der Waals surface area contributed by atoms with Gasteiger partial charge in [0.1, 0.15) is 0 Å². The van der Waals surface area contributed by atoms with E-state index in [-0.39, 0.29) is 5.54 Å². The molecule has 0 amide bonds. The van der Waals surface area contributed by atoms with E-state index in [1.54, 1.807) is 21.3 Å². The Hall–Kier alpha value is -1.58.